The van der Waals surface area contributed by atoms with Gasteiger partial charge in [-0.1, -0.05) is 99.1 Å². The first kappa shape index (κ1) is 31.6. The van der Waals surface area contributed by atoms with E-state index in [9.17, 15) is 14.4 Å². The Hall–Kier alpha value is -3.78. The van der Waals surface area contributed by atoms with Gasteiger partial charge in [0.05, 0.1) is 12.5 Å². The molecule has 0 N–H and O–H groups in total. The van der Waals surface area contributed by atoms with Gasteiger partial charge in [-0.2, -0.15) is 0 Å². The van der Waals surface area contributed by atoms with Crippen LogP contribution in [0.1, 0.15) is 79.6 Å². The molecular formula is C36H38ClNO6. The number of hydrogen-bond donors (Lipinski definition) is 0. The zero-order valence-electron chi connectivity index (χ0n) is 25.3. The van der Waals surface area contributed by atoms with Crippen molar-refractivity contribution in [1.82, 2.24) is 4.90 Å². The minimum absolute atomic E-state index is 0.00407. The molecule has 0 saturated carbocycles. The molecule has 0 radical (unpaired) electrons. The highest BCUT2D eigenvalue weighted by Crippen LogP contribution is 2.38. The molecule has 5 rings (SSSR count). The number of ketones is 1. The quantitative estimate of drug-likeness (QED) is 0.186. The average Bonchev–Trinajstić information content (AvgIpc) is 3.14. The Labute approximate surface area is 263 Å². The van der Waals surface area contributed by atoms with E-state index in [1.165, 1.54) is 0 Å². The average molecular weight is 616 g/mol. The number of piperidine rings is 1. The Balaban J connectivity index is 1.31. The van der Waals surface area contributed by atoms with Crippen molar-refractivity contribution in [1.29, 1.82) is 0 Å². The normalized spacial score (nSPS) is 19.2. The predicted octanol–water partition coefficient (Wildman–Crippen LogP) is 7.18. The van der Waals surface area contributed by atoms with Gasteiger partial charge in [0.2, 0.25) is 0 Å². The molecule has 2 atom stereocenters. The summed E-state index contributed by atoms with van der Waals surface area (Å²) in [6, 6.07) is 25.1. The molecule has 1 fully saturated rings. The van der Waals surface area contributed by atoms with Gasteiger partial charge in [0.15, 0.2) is 5.78 Å². The van der Waals surface area contributed by atoms with Crippen molar-refractivity contribution >= 4 is 29.3 Å². The van der Waals surface area contributed by atoms with Crippen molar-refractivity contribution in [2.24, 2.45) is 0 Å². The molecule has 7 nitrogen and oxygen atoms in total. The number of esters is 2. The first-order chi connectivity index (χ1) is 21.0. The first-order valence-electron chi connectivity index (χ1n) is 15.0. The lowest BCUT2D eigenvalue weighted by atomic mass is 9.86. The van der Waals surface area contributed by atoms with Crippen molar-refractivity contribution < 1.29 is 28.6 Å². The van der Waals surface area contributed by atoms with E-state index in [1.807, 2.05) is 83.8 Å². The Morgan fingerprint density at radius 3 is 2.16 bits per heavy atom. The Kier molecular flexibility index (Phi) is 9.68. The third kappa shape index (κ3) is 7.65. The standard InChI is InChI=1S/C36H38ClNO6/c1-35(2,3)28-15-11-25(12-16-28)31(39)10-7-22-38-23-21-30(24-36(38)43-32(40)19-20-33(41)44-36)42-34(26-8-5-4-6-9-26)27-13-17-29(37)18-14-27/h4-6,8-9,11-20,30,34H,7,10,21-24H2,1-3H3. The third-order valence-corrected chi connectivity index (χ3v) is 8.32. The number of likely N-dealkylation sites (tertiary alicyclic amines) is 1. The molecule has 2 heterocycles. The van der Waals surface area contributed by atoms with E-state index in [4.69, 9.17) is 25.8 Å². The molecule has 1 spiro atoms. The van der Waals surface area contributed by atoms with E-state index in [0.717, 1.165) is 28.8 Å². The molecule has 2 aliphatic rings. The summed E-state index contributed by atoms with van der Waals surface area (Å²) in [5.74, 6) is -2.97. The number of rotatable bonds is 9. The van der Waals surface area contributed by atoms with Gasteiger partial charge < -0.3 is 14.2 Å². The van der Waals surface area contributed by atoms with Crippen LogP contribution in [-0.2, 0) is 29.2 Å². The fourth-order valence-electron chi connectivity index (χ4n) is 5.68. The van der Waals surface area contributed by atoms with E-state index in [-0.39, 0.29) is 17.6 Å². The van der Waals surface area contributed by atoms with E-state index in [0.29, 0.717) is 42.9 Å². The molecule has 230 valence electrons. The van der Waals surface area contributed by atoms with Crippen LogP contribution in [0.15, 0.2) is 91.0 Å². The summed E-state index contributed by atoms with van der Waals surface area (Å²) in [5.41, 5.74) is 3.70. The number of carbonyl (C=O) groups excluding carboxylic acids is 3. The van der Waals surface area contributed by atoms with Gasteiger partial charge in [-0.15, -0.1) is 0 Å². The highest BCUT2D eigenvalue weighted by atomic mass is 35.5. The number of benzene rings is 3. The van der Waals surface area contributed by atoms with Crippen LogP contribution in [0.3, 0.4) is 0 Å². The van der Waals surface area contributed by atoms with Crippen LogP contribution < -0.4 is 0 Å². The van der Waals surface area contributed by atoms with Crippen molar-refractivity contribution in [3.63, 3.8) is 0 Å². The smallest absolute Gasteiger partial charge is 0.335 e. The van der Waals surface area contributed by atoms with Crippen molar-refractivity contribution in [3.05, 3.63) is 118 Å². The maximum Gasteiger partial charge on any atom is 0.335 e. The van der Waals surface area contributed by atoms with E-state index in [1.54, 1.807) is 0 Å². The topological polar surface area (TPSA) is 82.1 Å². The van der Waals surface area contributed by atoms with Crippen molar-refractivity contribution in [2.45, 2.75) is 70.0 Å². The zero-order chi connectivity index (χ0) is 31.3. The van der Waals surface area contributed by atoms with E-state index in [2.05, 4.69) is 20.8 Å². The zero-order valence-corrected chi connectivity index (χ0v) is 26.1. The van der Waals surface area contributed by atoms with Crippen LogP contribution in [-0.4, -0.2) is 47.7 Å². The summed E-state index contributed by atoms with van der Waals surface area (Å²) in [6.07, 6.45) is 2.83. The lowest BCUT2D eigenvalue weighted by Crippen LogP contribution is -2.60. The minimum Gasteiger partial charge on any atom is -0.405 e. The van der Waals surface area contributed by atoms with Gasteiger partial charge in [-0.3, -0.25) is 4.79 Å². The predicted molar refractivity (Wildman–Crippen MR) is 168 cm³/mol. The summed E-state index contributed by atoms with van der Waals surface area (Å²) in [5, 5.41) is 0.623. The number of halogens is 1. The minimum atomic E-state index is -1.65. The Bertz CT molecular complexity index is 1470. The fourth-order valence-corrected chi connectivity index (χ4v) is 5.80. The highest BCUT2D eigenvalue weighted by molar-refractivity contribution is 6.30. The summed E-state index contributed by atoms with van der Waals surface area (Å²) >= 11 is 6.16. The number of Topliss-reactive ketones (excluding diaryl/α,β-unsaturated/α-hetero) is 1. The largest absolute Gasteiger partial charge is 0.405 e. The molecule has 1 saturated heterocycles. The molecular weight excluding hydrogens is 578 g/mol. The first-order valence-corrected chi connectivity index (χ1v) is 15.4. The van der Waals surface area contributed by atoms with Crippen LogP contribution in [0, 0.1) is 0 Å². The molecule has 0 bridgehead atoms. The van der Waals surface area contributed by atoms with Gasteiger partial charge in [0.25, 0.3) is 0 Å². The van der Waals surface area contributed by atoms with E-state index < -0.39 is 30.1 Å². The highest BCUT2D eigenvalue weighted by Gasteiger charge is 2.50. The van der Waals surface area contributed by atoms with Crippen LogP contribution in [0.4, 0.5) is 0 Å². The second-order valence-corrected chi connectivity index (χ2v) is 12.8. The second-order valence-electron chi connectivity index (χ2n) is 12.3. The van der Waals surface area contributed by atoms with Gasteiger partial charge in [-0.05, 0) is 47.1 Å². The second kappa shape index (κ2) is 13.5. The Morgan fingerprint density at radius 2 is 1.55 bits per heavy atom. The third-order valence-electron chi connectivity index (χ3n) is 8.07. The summed E-state index contributed by atoms with van der Waals surface area (Å²) in [4.78, 5) is 40.1. The van der Waals surface area contributed by atoms with Crippen LogP contribution in [0.2, 0.25) is 5.02 Å². The monoisotopic (exact) mass is 615 g/mol. The van der Waals surface area contributed by atoms with Crippen LogP contribution >= 0.6 is 11.6 Å². The number of carbonyl (C=O) groups is 3. The van der Waals surface area contributed by atoms with Gasteiger partial charge >= 0.3 is 17.8 Å². The number of hydrogen-bond acceptors (Lipinski definition) is 7. The van der Waals surface area contributed by atoms with Crippen LogP contribution in [0.5, 0.6) is 0 Å². The van der Waals surface area contributed by atoms with Gasteiger partial charge in [-0.25, -0.2) is 14.5 Å². The molecule has 2 unspecified atom stereocenters. The van der Waals surface area contributed by atoms with Crippen LogP contribution in [0.25, 0.3) is 0 Å². The molecule has 8 heteroatoms. The molecule has 0 aliphatic carbocycles. The molecule has 3 aromatic rings. The van der Waals surface area contributed by atoms with Crippen molar-refractivity contribution in [3.8, 4) is 0 Å². The van der Waals surface area contributed by atoms with Gasteiger partial charge in [0.1, 0.15) is 6.10 Å². The Morgan fingerprint density at radius 1 is 0.932 bits per heavy atom. The molecule has 3 aromatic carbocycles. The lowest BCUT2D eigenvalue weighted by Gasteiger charge is -2.46. The molecule has 44 heavy (non-hydrogen) atoms. The molecule has 0 aromatic heterocycles. The summed E-state index contributed by atoms with van der Waals surface area (Å²) < 4.78 is 18.3. The van der Waals surface area contributed by atoms with Crippen molar-refractivity contribution in [2.75, 3.05) is 13.1 Å². The number of nitrogens with zero attached hydrogens (tertiary/aromatic N) is 1. The summed E-state index contributed by atoms with van der Waals surface area (Å²) in [6.45, 7) is 7.22. The lowest BCUT2D eigenvalue weighted by molar-refractivity contribution is -0.307. The molecule has 0 amide bonds. The van der Waals surface area contributed by atoms with E-state index >= 15 is 0 Å². The number of ether oxygens (including phenoxy) is 3. The maximum atomic E-state index is 13.0. The fraction of sp³-hybridized carbons (Fsp3) is 0.361. The maximum absolute atomic E-state index is 13.0. The summed E-state index contributed by atoms with van der Waals surface area (Å²) in [7, 11) is 0. The van der Waals surface area contributed by atoms with Gasteiger partial charge in [0, 0.05) is 42.2 Å². The molecule has 2 aliphatic heterocycles. The SMILES string of the molecule is CC(C)(C)c1ccc(C(=O)CCCN2CCC(OC(c3ccccc3)c3ccc(Cl)cc3)CC23OC(=O)C=CC(=O)O3)cc1.